The zero-order valence-corrected chi connectivity index (χ0v) is 16.0. The number of hydrogen-bond acceptors (Lipinski definition) is 5. The van der Waals surface area contributed by atoms with Gasteiger partial charge >= 0.3 is 5.97 Å². The average molecular weight is 396 g/mol. The van der Waals surface area contributed by atoms with Crippen molar-refractivity contribution in [3.05, 3.63) is 52.2 Å². The summed E-state index contributed by atoms with van der Waals surface area (Å²) in [5.74, 6) is -1.54. The van der Waals surface area contributed by atoms with Gasteiger partial charge in [-0.3, -0.25) is 9.59 Å². The highest BCUT2D eigenvalue weighted by Crippen LogP contribution is 2.28. The lowest BCUT2D eigenvalue weighted by Crippen LogP contribution is -2.46. The van der Waals surface area contributed by atoms with Gasteiger partial charge in [0.15, 0.2) is 0 Å². The van der Waals surface area contributed by atoms with E-state index in [1.165, 1.54) is 18.5 Å². The Labute approximate surface area is 156 Å². The molecule has 1 heterocycles. The van der Waals surface area contributed by atoms with Crippen molar-refractivity contribution in [3.8, 4) is 0 Å². The maximum Gasteiger partial charge on any atom is 0.315 e. The second-order valence-electron chi connectivity index (χ2n) is 5.64. The molecule has 3 N–H and O–H groups in total. The van der Waals surface area contributed by atoms with Crippen LogP contribution in [0.15, 0.2) is 46.7 Å². The molecule has 0 bridgehead atoms. The van der Waals surface area contributed by atoms with Crippen LogP contribution >= 0.6 is 11.3 Å². The molecule has 0 aliphatic carbocycles. The van der Waals surface area contributed by atoms with Crippen molar-refractivity contribution < 1.29 is 23.1 Å². The first kappa shape index (κ1) is 20.1. The smallest absolute Gasteiger partial charge is 0.315 e. The molecular formula is C17H20N2O5S2. The van der Waals surface area contributed by atoms with E-state index in [4.69, 9.17) is 0 Å². The monoisotopic (exact) mass is 396 g/mol. The molecule has 0 saturated heterocycles. The average Bonchev–Trinajstić information content (AvgIpc) is 3.14. The van der Waals surface area contributed by atoms with Crippen LogP contribution in [0.2, 0.25) is 0 Å². The van der Waals surface area contributed by atoms with Gasteiger partial charge in [-0.05, 0) is 25.1 Å². The number of thiophene rings is 1. The third kappa shape index (κ3) is 3.95. The van der Waals surface area contributed by atoms with Crippen LogP contribution in [0.1, 0.15) is 28.6 Å². The Bertz CT molecular complexity index is 893. The molecule has 2 aromatic rings. The molecule has 1 aromatic carbocycles. The van der Waals surface area contributed by atoms with Crippen LogP contribution in [-0.4, -0.2) is 39.0 Å². The van der Waals surface area contributed by atoms with Crippen LogP contribution in [0, 0.1) is 0 Å². The first-order chi connectivity index (χ1) is 12.3. The first-order valence-corrected chi connectivity index (χ1v) is 10.2. The number of amides is 1. The maximum atomic E-state index is 12.4. The van der Waals surface area contributed by atoms with Gasteiger partial charge in [0.05, 0.1) is 9.77 Å². The van der Waals surface area contributed by atoms with Crippen molar-refractivity contribution in [3.63, 3.8) is 0 Å². The number of rotatable bonds is 8. The second kappa shape index (κ2) is 7.98. The van der Waals surface area contributed by atoms with Gasteiger partial charge in [0.25, 0.3) is 5.91 Å². The van der Waals surface area contributed by atoms with E-state index in [2.05, 4.69) is 10.0 Å². The zero-order chi connectivity index (χ0) is 19.4. The Kier molecular flexibility index (Phi) is 6.17. The van der Waals surface area contributed by atoms with Gasteiger partial charge in [-0.2, -0.15) is 0 Å². The van der Waals surface area contributed by atoms with E-state index in [1.54, 1.807) is 37.3 Å². The van der Waals surface area contributed by atoms with Crippen LogP contribution in [0.4, 0.5) is 0 Å². The van der Waals surface area contributed by atoms with Crippen molar-refractivity contribution in [2.75, 3.05) is 13.6 Å². The second-order valence-corrected chi connectivity index (χ2v) is 8.44. The normalized spacial score (nSPS) is 13.8. The van der Waals surface area contributed by atoms with E-state index in [0.717, 1.165) is 11.3 Å². The third-order valence-corrected chi connectivity index (χ3v) is 6.74. The number of benzene rings is 1. The molecule has 0 fully saturated rings. The van der Waals surface area contributed by atoms with Crippen molar-refractivity contribution in [1.29, 1.82) is 0 Å². The summed E-state index contributed by atoms with van der Waals surface area (Å²) < 4.78 is 25.7. The maximum absolute atomic E-state index is 12.4. The number of aliphatic carboxylic acids is 1. The summed E-state index contributed by atoms with van der Waals surface area (Å²) in [6, 6.07) is 9.98. The highest BCUT2D eigenvalue weighted by atomic mass is 32.2. The highest BCUT2D eigenvalue weighted by molar-refractivity contribution is 7.89. The Morgan fingerprint density at radius 2 is 1.88 bits per heavy atom. The fourth-order valence-corrected chi connectivity index (χ4v) is 4.47. The van der Waals surface area contributed by atoms with E-state index in [0.29, 0.717) is 5.56 Å². The van der Waals surface area contributed by atoms with Crippen molar-refractivity contribution in [2.24, 2.45) is 0 Å². The van der Waals surface area contributed by atoms with Gasteiger partial charge in [-0.25, -0.2) is 13.1 Å². The molecule has 2 rings (SSSR count). The van der Waals surface area contributed by atoms with E-state index >= 15 is 0 Å². The fourth-order valence-electron chi connectivity index (χ4n) is 2.55. The summed E-state index contributed by atoms with van der Waals surface area (Å²) in [4.78, 5) is 24.5. The van der Waals surface area contributed by atoms with Crippen molar-refractivity contribution in [1.82, 2.24) is 10.0 Å². The number of carboxylic acids is 1. The summed E-state index contributed by atoms with van der Waals surface area (Å²) in [7, 11) is -2.34. The summed E-state index contributed by atoms with van der Waals surface area (Å²) in [6.45, 7) is 1.64. The van der Waals surface area contributed by atoms with E-state index in [-0.39, 0.29) is 22.7 Å². The lowest BCUT2D eigenvalue weighted by molar-refractivity contribution is -0.143. The summed E-state index contributed by atoms with van der Waals surface area (Å²) in [5, 5.41) is 13.8. The quantitative estimate of drug-likeness (QED) is 0.630. The lowest BCUT2D eigenvalue weighted by Gasteiger charge is -2.29. The largest absolute Gasteiger partial charge is 0.481 e. The van der Waals surface area contributed by atoms with Gasteiger partial charge < -0.3 is 10.4 Å². The van der Waals surface area contributed by atoms with Gasteiger partial charge in [-0.1, -0.05) is 37.3 Å². The molecular weight excluding hydrogens is 376 g/mol. The Balaban J connectivity index is 2.22. The van der Waals surface area contributed by atoms with E-state index < -0.39 is 27.3 Å². The Hall–Kier alpha value is -2.23. The van der Waals surface area contributed by atoms with E-state index in [1.807, 2.05) is 0 Å². The lowest BCUT2D eigenvalue weighted by atomic mass is 9.78. The topological polar surface area (TPSA) is 113 Å². The van der Waals surface area contributed by atoms with Gasteiger partial charge in [0, 0.05) is 11.9 Å². The van der Waals surface area contributed by atoms with Crippen LogP contribution in [0.25, 0.3) is 0 Å². The van der Waals surface area contributed by atoms with Crippen molar-refractivity contribution >= 4 is 33.2 Å². The van der Waals surface area contributed by atoms with Gasteiger partial charge in [-0.15, -0.1) is 11.3 Å². The molecule has 1 unspecified atom stereocenters. The molecule has 1 atom stereocenters. The van der Waals surface area contributed by atoms with Crippen LogP contribution in [0.3, 0.4) is 0 Å². The van der Waals surface area contributed by atoms with Gasteiger partial charge in [0.2, 0.25) is 10.0 Å². The number of hydrogen-bond donors (Lipinski definition) is 3. The summed E-state index contributed by atoms with van der Waals surface area (Å²) in [6.07, 6.45) is 0.288. The van der Waals surface area contributed by atoms with Crippen molar-refractivity contribution in [2.45, 2.75) is 23.7 Å². The van der Waals surface area contributed by atoms with Crippen LogP contribution in [-0.2, 0) is 20.2 Å². The zero-order valence-electron chi connectivity index (χ0n) is 14.4. The number of nitrogens with one attached hydrogen (secondary N) is 2. The molecule has 1 aromatic heterocycles. The number of carboxylic acid groups (broad SMARTS) is 1. The minimum atomic E-state index is -3.63. The predicted octanol–water partition coefficient (Wildman–Crippen LogP) is 1.82. The molecule has 0 radical (unpaired) electrons. The minimum Gasteiger partial charge on any atom is -0.481 e. The molecule has 0 saturated carbocycles. The molecule has 7 nitrogen and oxygen atoms in total. The molecule has 0 aliphatic heterocycles. The van der Waals surface area contributed by atoms with E-state index in [9.17, 15) is 23.1 Å². The van der Waals surface area contributed by atoms with Crippen LogP contribution in [0.5, 0.6) is 0 Å². The molecule has 1 amide bonds. The first-order valence-electron chi connectivity index (χ1n) is 7.86. The molecule has 26 heavy (non-hydrogen) atoms. The third-order valence-electron chi connectivity index (χ3n) is 4.27. The number of sulfonamides is 1. The highest BCUT2D eigenvalue weighted by Gasteiger charge is 2.39. The predicted molar refractivity (Wildman–Crippen MR) is 98.9 cm³/mol. The Morgan fingerprint density at radius 1 is 1.23 bits per heavy atom. The van der Waals surface area contributed by atoms with Gasteiger partial charge in [0.1, 0.15) is 5.41 Å². The Morgan fingerprint density at radius 3 is 2.42 bits per heavy atom. The standard InChI is InChI=1S/C17H20N2O5S2/c1-3-17(16(21)22,12-7-5-4-6-8-12)11-19-15(20)14-9-13(10-25-14)26(23,24)18-2/h4-10,18H,3,11H2,1-2H3,(H,19,20)(H,21,22). The molecule has 0 spiro atoms. The molecule has 0 aliphatic rings. The number of carbonyl (C=O) groups is 2. The molecule has 9 heteroatoms. The minimum absolute atomic E-state index is 0.00167. The SMILES string of the molecule is CCC(CNC(=O)c1cc(S(=O)(=O)NC)cs1)(C(=O)O)c1ccccc1. The number of carbonyl (C=O) groups excluding carboxylic acids is 1. The van der Waals surface area contributed by atoms with Crippen LogP contribution < -0.4 is 10.0 Å². The molecule has 140 valence electrons. The fraction of sp³-hybridized carbons (Fsp3) is 0.294. The summed E-state index contributed by atoms with van der Waals surface area (Å²) >= 11 is 0.984. The summed E-state index contributed by atoms with van der Waals surface area (Å²) in [5.41, 5.74) is -0.659.